The first-order chi connectivity index (χ1) is 13.9. The van der Waals surface area contributed by atoms with Crippen LogP contribution in [-0.4, -0.2) is 46.3 Å². The first-order valence-electron chi connectivity index (χ1n) is 9.91. The smallest absolute Gasteiger partial charge is 0.177 e. The monoisotopic (exact) mass is 386 g/mol. The molecule has 1 fully saturated rings. The van der Waals surface area contributed by atoms with Crippen molar-refractivity contribution in [1.82, 2.24) is 19.5 Å². The van der Waals surface area contributed by atoms with Crippen LogP contribution >= 0.6 is 0 Å². The molecule has 0 amide bonds. The first-order valence-corrected chi connectivity index (χ1v) is 9.91. The maximum atomic E-state index is 9.96. The zero-order valence-corrected chi connectivity index (χ0v) is 17.5. The number of hydrogen-bond acceptors (Lipinski definition) is 5. The Bertz CT molecular complexity index is 1120. The van der Waals surface area contributed by atoms with E-state index in [1.54, 1.807) is 0 Å². The van der Waals surface area contributed by atoms with Crippen molar-refractivity contribution in [2.24, 2.45) is 0 Å². The molecule has 1 atom stereocenters. The van der Waals surface area contributed by atoms with Crippen LogP contribution in [0, 0.1) is 18.3 Å². The van der Waals surface area contributed by atoms with Gasteiger partial charge in [-0.3, -0.25) is 4.90 Å². The molecule has 3 aromatic rings. The molecule has 29 heavy (non-hydrogen) atoms. The fourth-order valence-corrected chi connectivity index (χ4v) is 4.25. The predicted molar refractivity (Wildman–Crippen MR) is 117 cm³/mol. The number of aromatic nitrogens is 3. The van der Waals surface area contributed by atoms with E-state index in [2.05, 4.69) is 53.7 Å². The molecule has 3 heterocycles. The number of pyridine rings is 1. The summed E-state index contributed by atoms with van der Waals surface area (Å²) in [5.41, 5.74) is 5.01. The van der Waals surface area contributed by atoms with Crippen LogP contribution in [0.25, 0.3) is 22.3 Å². The summed E-state index contributed by atoms with van der Waals surface area (Å²) >= 11 is 0. The molecule has 0 N–H and O–H groups in total. The van der Waals surface area contributed by atoms with Gasteiger partial charge in [0.15, 0.2) is 11.5 Å². The van der Waals surface area contributed by atoms with Crippen LogP contribution in [0.1, 0.15) is 36.7 Å². The molecule has 1 unspecified atom stereocenters. The van der Waals surface area contributed by atoms with Crippen molar-refractivity contribution in [3.8, 4) is 17.2 Å². The Kier molecular flexibility index (Phi) is 4.85. The number of rotatable bonds is 4. The minimum absolute atomic E-state index is 0.269. The Hall–Kier alpha value is -3.17. The van der Waals surface area contributed by atoms with Crippen LogP contribution in [0.5, 0.6) is 0 Å². The van der Waals surface area contributed by atoms with Gasteiger partial charge in [0, 0.05) is 12.1 Å². The van der Waals surface area contributed by atoms with Crippen LogP contribution in [0.4, 0.5) is 5.82 Å². The molecule has 1 aliphatic heterocycles. The lowest BCUT2D eigenvalue weighted by Crippen LogP contribution is -2.41. The second kappa shape index (κ2) is 7.34. The average Bonchev–Trinajstić information content (AvgIpc) is 3.35. The number of hydrogen-bond donors (Lipinski definition) is 0. The van der Waals surface area contributed by atoms with Crippen LogP contribution in [0.15, 0.2) is 36.9 Å². The standard InChI is InChI=1S/C23H26N6/c1-15(2)21-25-22-18(14-24)16(3)20(17-10-7-6-8-11-17)23(29(22)26-21)28-13-9-12-19(28)27(4)5/h6-8,10-11,19H,1,9,12-13H2,2-5H3. The molecule has 1 aromatic carbocycles. The van der Waals surface area contributed by atoms with Crippen molar-refractivity contribution < 1.29 is 0 Å². The molecule has 0 bridgehead atoms. The van der Waals surface area contributed by atoms with Gasteiger partial charge >= 0.3 is 0 Å². The van der Waals surface area contributed by atoms with Gasteiger partial charge in [-0.2, -0.15) is 9.78 Å². The molecular weight excluding hydrogens is 360 g/mol. The summed E-state index contributed by atoms with van der Waals surface area (Å²) in [6, 6.07) is 12.6. The molecule has 1 aliphatic rings. The topological polar surface area (TPSA) is 60.5 Å². The second-order valence-corrected chi connectivity index (χ2v) is 7.91. The van der Waals surface area contributed by atoms with Crippen LogP contribution in [-0.2, 0) is 0 Å². The highest BCUT2D eigenvalue weighted by atomic mass is 15.4. The molecule has 0 radical (unpaired) electrons. The van der Waals surface area contributed by atoms with Crippen molar-refractivity contribution in [3.63, 3.8) is 0 Å². The van der Waals surface area contributed by atoms with Gasteiger partial charge in [-0.15, -0.1) is 5.10 Å². The summed E-state index contributed by atoms with van der Waals surface area (Å²) in [4.78, 5) is 9.32. The molecule has 1 saturated heterocycles. The highest BCUT2D eigenvalue weighted by molar-refractivity contribution is 5.85. The molecule has 0 aliphatic carbocycles. The Balaban J connectivity index is 2.13. The minimum atomic E-state index is 0.269. The van der Waals surface area contributed by atoms with Gasteiger partial charge in [0.2, 0.25) is 0 Å². The highest BCUT2D eigenvalue weighted by Gasteiger charge is 2.33. The van der Waals surface area contributed by atoms with Crippen molar-refractivity contribution >= 4 is 17.0 Å². The zero-order chi connectivity index (χ0) is 20.7. The zero-order valence-electron chi connectivity index (χ0n) is 17.5. The van der Waals surface area contributed by atoms with Gasteiger partial charge in [-0.25, -0.2) is 4.98 Å². The minimum Gasteiger partial charge on any atom is -0.340 e. The van der Waals surface area contributed by atoms with E-state index in [0.29, 0.717) is 17.0 Å². The number of anilines is 1. The third kappa shape index (κ3) is 3.08. The quantitative estimate of drug-likeness (QED) is 0.676. The summed E-state index contributed by atoms with van der Waals surface area (Å²) < 4.78 is 1.86. The van der Waals surface area contributed by atoms with E-state index in [1.807, 2.05) is 36.6 Å². The number of nitriles is 1. The molecule has 0 saturated carbocycles. The fraction of sp³-hybridized carbons (Fsp3) is 0.348. The Morgan fingerprint density at radius 1 is 1.28 bits per heavy atom. The second-order valence-electron chi connectivity index (χ2n) is 7.91. The normalized spacial score (nSPS) is 16.6. The van der Waals surface area contributed by atoms with E-state index in [-0.39, 0.29) is 6.17 Å². The van der Waals surface area contributed by atoms with Gasteiger partial charge in [-0.1, -0.05) is 36.9 Å². The average molecular weight is 387 g/mol. The third-order valence-electron chi connectivity index (χ3n) is 5.65. The van der Waals surface area contributed by atoms with Gasteiger partial charge in [0.25, 0.3) is 0 Å². The largest absolute Gasteiger partial charge is 0.340 e. The van der Waals surface area contributed by atoms with E-state index in [9.17, 15) is 5.26 Å². The van der Waals surface area contributed by atoms with Gasteiger partial charge in [0.1, 0.15) is 17.5 Å². The maximum absolute atomic E-state index is 9.96. The molecular formula is C23H26N6. The van der Waals surface area contributed by atoms with Crippen LogP contribution < -0.4 is 4.90 Å². The molecule has 6 nitrogen and oxygen atoms in total. The first kappa shape index (κ1) is 19.2. The predicted octanol–water partition coefficient (Wildman–Crippen LogP) is 4.10. The van der Waals surface area contributed by atoms with Crippen LogP contribution in [0.2, 0.25) is 0 Å². The number of nitrogens with zero attached hydrogens (tertiary/aromatic N) is 6. The van der Waals surface area contributed by atoms with E-state index in [1.165, 1.54) is 0 Å². The number of fused-ring (bicyclic) bond motifs is 1. The van der Waals surface area contributed by atoms with E-state index in [0.717, 1.165) is 47.5 Å². The van der Waals surface area contributed by atoms with Crippen molar-refractivity contribution in [1.29, 1.82) is 5.26 Å². The molecule has 2 aromatic heterocycles. The van der Waals surface area contributed by atoms with E-state index >= 15 is 0 Å². The Morgan fingerprint density at radius 3 is 2.62 bits per heavy atom. The van der Waals surface area contributed by atoms with Gasteiger partial charge in [0.05, 0.1) is 6.17 Å². The maximum Gasteiger partial charge on any atom is 0.177 e. The van der Waals surface area contributed by atoms with Gasteiger partial charge in [-0.05, 0) is 57.5 Å². The van der Waals surface area contributed by atoms with Gasteiger partial charge < -0.3 is 4.90 Å². The van der Waals surface area contributed by atoms with Crippen molar-refractivity contribution in [2.75, 3.05) is 25.5 Å². The lowest BCUT2D eigenvalue weighted by atomic mass is 9.97. The number of allylic oxidation sites excluding steroid dienone is 1. The number of benzene rings is 1. The lowest BCUT2D eigenvalue weighted by molar-refractivity contribution is 0.299. The molecule has 0 spiro atoms. The third-order valence-corrected chi connectivity index (χ3v) is 5.65. The Morgan fingerprint density at radius 2 is 2.00 bits per heavy atom. The fourth-order valence-electron chi connectivity index (χ4n) is 4.25. The van der Waals surface area contributed by atoms with Crippen LogP contribution in [0.3, 0.4) is 0 Å². The molecule has 6 heteroatoms. The summed E-state index contributed by atoms with van der Waals surface area (Å²) in [6.07, 6.45) is 2.47. The van der Waals surface area contributed by atoms with E-state index in [4.69, 9.17) is 5.10 Å². The summed E-state index contributed by atoms with van der Waals surface area (Å²) in [5, 5.41) is 14.7. The Labute approximate surface area is 171 Å². The van der Waals surface area contributed by atoms with E-state index < -0.39 is 0 Å². The highest BCUT2D eigenvalue weighted by Crippen LogP contribution is 2.40. The SMILES string of the molecule is C=C(C)c1nc2c(C#N)c(C)c(-c3ccccc3)c(N3CCCC3N(C)C)n2n1. The summed E-state index contributed by atoms with van der Waals surface area (Å²) in [7, 11) is 4.22. The lowest BCUT2D eigenvalue weighted by Gasteiger charge is -2.33. The van der Waals surface area contributed by atoms with Crippen molar-refractivity contribution in [3.05, 3.63) is 53.9 Å². The summed E-state index contributed by atoms with van der Waals surface area (Å²) in [6.45, 7) is 8.85. The van der Waals surface area contributed by atoms with Crippen molar-refractivity contribution in [2.45, 2.75) is 32.9 Å². The molecule has 4 rings (SSSR count). The molecule has 148 valence electrons. The summed E-state index contributed by atoms with van der Waals surface area (Å²) in [5.74, 6) is 1.58.